The van der Waals surface area contributed by atoms with Gasteiger partial charge in [0.1, 0.15) is 0 Å². The molecule has 0 aromatic carbocycles. The van der Waals surface area contributed by atoms with Crippen LogP contribution in [0.1, 0.15) is 73.1 Å². The van der Waals surface area contributed by atoms with Gasteiger partial charge in [-0.15, -0.1) is 0 Å². The van der Waals surface area contributed by atoms with E-state index in [1.165, 1.54) is 45.1 Å². The summed E-state index contributed by atoms with van der Waals surface area (Å²) < 4.78 is 5.17. The van der Waals surface area contributed by atoms with Crippen molar-refractivity contribution in [2.24, 2.45) is 22.7 Å². The summed E-state index contributed by atoms with van der Waals surface area (Å²) in [5, 5.41) is 3.65. The molecule has 1 N–H and O–H groups in total. The van der Waals surface area contributed by atoms with E-state index < -0.39 is 0 Å². The first-order valence-corrected chi connectivity index (χ1v) is 9.02. The monoisotopic (exact) mass is 297 g/mol. The van der Waals surface area contributed by atoms with Crippen LogP contribution in [0.25, 0.3) is 0 Å². The van der Waals surface area contributed by atoms with Gasteiger partial charge in [-0.05, 0) is 54.8 Å². The van der Waals surface area contributed by atoms with E-state index in [9.17, 15) is 0 Å². The summed E-state index contributed by atoms with van der Waals surface area (Å²) in [6.45, 7) is 15.0. The van der Waals surface area contributed by atoms with Crippen LogP contribution in [0.3, 0.4) is 0 Å². The zero-order valence-electron chi connectivity index (χ0n) is 15.4. The van der Waals surface area contributed by atoms with Gasteiger partial charge in [-0.1, -0.05) is 41.0 Å². The number of nitrogens with one attached hydrogen (secondary N) is 1. The molecule has 1 unspecified atom stereocenters. The Kier molecular flexibility index (Phi) is 7.70. The molecule has 0 aromatic heterocycles. The molecule has 0 bridgehead atoms. The predicted octanol–water partition coefficient (Wildman–Crippen LogP) is 4.88. The molecule has 0 aromatic rings. The maximum Gasteiger partial charge on any atom is 0.0587 e. The number of hydrogen-bond acceptors (Lipinski definition) is 2. The molecule has 0 aliphatic heterocycles. The van der Waals surface area contributed by atoms with Crippen LogP contribution < -0.4 is 5.32 Å². The zero-order valence-corrected chi connectivity index (χ0v) is 15.4. The van der Waals surface area contributed by atoms with Gasteiger partial charge in [-0.25, -0.2) is 0 Å². The van der Waals surface area contributed by atoms with E-state index in [1.807, 2.05) is 0 Å². The van der Waals surface area contributed by atoms with E-state index >= 15 is 0 Å². The van der Waals surface area contributed by atoms with Gasteiger partial charge in [0.15, 0.2) is 0 Å². The van der Waals surface area contributed by atoms with Crippen molar-refractivity contribution >= 4 is 0 Å². The molecule has 1 aliphatic carbocycles. The molecule has 126 valence electrons. The maximum atomic E-state index is 5.17. The Bertz CT molecular complexity index is 274. The molecule has 2 nitrogen and oxygen atoms in total. The third-order valence-corrected chi connectivity index (χ3v) is 5.73. The molecule has 0 spiro atoms. The van der Waals surface area contributed by atoms with E-state index in [4.69, 9.17) is 4.74 Å². The molecule has 1 rings (SSSR count). The Hall–Kier alpha value is -0.0800. The summed E-state index contributed by atoms with van der Waals surface area (Å²) in [4.78, 5) is 0. The highest BCUT2D eigenvalue weighted by atomic mass is 16.5. The summed E-state index contributed by atoms with van der Waals surface area (Å²) in [5.74, 6) is 1.75. The van der Waals surface area contributed by atoms with Gasteiger partial charge in [-0.3, -0.25) is 0 Å². The lowest BCUT2D eigenvalue weighted by atomic mass is 9.61. The fourth-order valence-electron chi connectivity index (χ4n) is 3.96. The average Bonchev–Trinajstić information content (AvgIpc) is 2.43. The molecule has 1 atom stereocenters. The molecule has 0 saturated heterocycles. The summed E-state index contributed by atoms with van der Waals surface area (Å²) >= 11 is 0. The highest BCUT2D eigenvalue weighted by molar-refractivity contribution is 4.91. The van der Waals surface area contributed by atoms with Crippen molar-refractivity contribution in [2.45, 2.75) is 73.1 Å². The Morgan fingerprint density at radius 3 is 2.33 bits per heavy atom. The quantitative estimate of drug-likeness (QED) is 0.645. The molecule has 1 aliphatic rings. The largest absolute Gasteiger partial charge is 0.383 e. The van der Waals surface area contributed by atoms with E-state index in [-0.39, 0.29) is 0 Å². The van der Waals surface area contributed by atoms with Gasteiger partial charge in [-0.2, -0.15) is 0 Å². The van der Waals surface area contributed by atoms with Crippen LogP contribution in [-0.2, 0) is 4.74 Å². The second-order valence-corrected chi connectivity index (χ2v) is 8.53. The van der Waals surface area contributed by atoms with Crippen LogP contribution in [0, 0.1) is 22.7 Å². The summed E-state index contributed by atoms with van der Waals surface area (Å²) in [5.41, 5.74) is 1.01. The van der Waals surface area contributed by atoms with E-state index in [2.05, 4.69) is 39.9 Å². The van der Waals surface area contributed by atoms with E-state index in [0.29, 0.717) is 10.8 Å². The summed E-state index contributed by atoms with van der Waals surface area (Å²) in [6, 6.07) is 0. The van der Waals surface area contributed by atoms with Crippen molar-refractivity contribution in [3.05, 3.63) is 0 Å². The highest BCUT2D eigenvalue weighted by Crippen LogP contribution is 2.48. The predicted molar refractivity (Wildman–Crippen MR) is 92.7 cm³/mol. The van der Waals surface area contributed by atoms with Gasteiger partial charge < -0.3 is 10.1 Å². The third kappa shape index (κ3) is 6.28. The van der Waals surface area contributed by atoms with Gasteiger partial charge in [0.2, 0.25) is 0 Å². The smallest absolute Gasteiger partial charge is 0.0587 e. The number of methoxy groups -OCH3 is 1. The number of hydrogen-bond donors (Lipinski definition) is 1. The minimum atomic E-state index is 0.478. The molecule has 0 heterocycles. The molecule has 0 radical (unpaired) electrons. The SMILES string of the molecule is CCC(C)CC1(CNCCOC)CCC(C(C)(C)C)CC1. The van der Waals surface area contributed by atoms with Crippen molar-refractivity contribution in [1.82, 2.24) is 5.32 Å². The van der Waals surface area contributed by atoms with Crippen LogP contribution in [0.4, 0.5) is 0 Å². The fraction of sp³-hybridized carbons (Fsp3) is 1.00. The van der Waals surface area contributed by atoms with Gasteiger partial charge in [0, 0.05) is 20.2 Å². The topological polar surface area (TPSA) is 21.3 Å². The Morgan fingerprint density at radius 1 is 1.24 bits per heavy atom. The standard InChI is InChI=1S/C19H39NO/c1-7-16(2)14-19(15-20-12-13-21-6)10-8-17(9-11-19)18(3,4)5/h16-17,20H,7-15H2,1-6H3. The minimum absolute atomic E-state index is 0.478. The van der Waals surface area contributed by atoms with Gasteiger partial charge >= 0.3 is 0 Å². The Labute approximate surface area is 133 Å². The maximum absolute atomic E-state index is 5.17. The van der Waals surface area contributed by atoms with Gasteiger partial charge in [0.25, 0.3) is 0 Å². The molecular formula is C19H39NO. The summed E-state index contributed by atoms with van der Waals surface area (Å²) in [7, 11) is 1.78. The van der Waals surface area contributed by atoms with Crippen molar-refractivity contribution in [3.8, 4) is 0 Å². The van der Waals surface area contributed by atoms with Crippen molar-refractivity contribution in [1.29, 1.82) is 0 Å². The lowest BCUT2D eigenvalue weighted by Crippen LogP contribution is -2.41. The molecule has 21 heavy (non-hydrogen) atoms. The van der Waals surface area contributed by atoms with Crippen LogP contribution in [0.15, 0.2) is 0 Å². The molecular weight excluding hydrogens is 258 g/mol. The second kappa shape index (κ2) is 8.53. The van der Waals surface area contributed by atoms with Crippen LogP contribution in [-0.4, -0.2) is 26.8 Å². The molecule has 0 amide bonds. The normalized spacial score (nSPS) is 28.6. The molecule has 2 heteroatoms. The summed E-state index contributed by atoms with van der Waals surface area (Å²) in [6.07, 6.45) is 8.32. The lowest BCUT2D eigenvalue weighted by molar-refractivity contribution is 0.0661. The first-order valence-electron chi connectivity index (χ1n) is 9.02. The van der Waals surface area contributed by atoms with Crippen LogP contribution in [0.5, 0.6) is 0 Å². The second-order valence-electron chi connectivity index (χ2n) is 8.53. The van der Waals surface area contributed by atoms with E-state index in [1.54, 1.807) is 7.11 Å². The Balaban J connectivity index is 2.58. The average molecular weight is 298 g/mol. The van der Waals surface area contributed by atoms with Crippen LogP contribution in [0.2, 0.25) is 0 Å². The fourth-order valence-corrected chi connectivity index (χ4v) is 3.96. The first-order chi connectivity index (χ1) is 9.83. The van der Waals surface area contributed by atoms with Gasteiger partial charge in [0.05, 0.1) is 6.61 Å². The van der Waals surface area contributed by atoms with Crippen LogP contribution >= 0.6 is 0 Å². The highest BCUT2D eigenvalue weighted by Gasteiger charge is 2.38. The Morgan fingerprint density at radius 2 is 1.86 bits per heavy atom. The van der Waals surface area contributed by atoms with Crippen molar-refractivity contribution < 1.29 is 4.74 Å². The van der Waals surface area contributed by atoms with Crippen molar-refractivity contribution in [2.75, 3.05) is 26.8 Å². The zero-order chi connectivity index (χ0) is 15.9. The minimum Gasteiger partial charge on any atom is -0.383 e. The first kappa shape index (κ1) is 19.0. The number of ether oxygens (including phenoxy) is 1. The molecule has 1 fully saturated rings. The van der Waals surface area contributed by atoms with E-state index in [0.717, 1.165) is 25.0 Å². The lowest BCUT2D eigenvalue weighted by Gasteiger charge is -2.45. The third-order valence-electron chi connectivity index (χ3n) is 5.73. The number of rotatable bonds is 8. The molecule has 1 saturated carbocycles. The van der Waals surface area contributed by atoms with Crippen molar-refractivity contribution in [3.63, 3.8) is 0 Å².